The zero-order chi connectivity index (χ0) is 17.3. The maximum Gasteiger partial charge on any atom is 0.0274 e. The van der Waals surface area contributed by atoms with Gasteiger partial charge in [0, 0.05) is 10.1 Å². The van der Waals surface area contributed by atoms with Gasteiger partial charge in [-0.1, -0.05) is 81.9 Å². The topological polar surface area (TPSA) is 0 Å². The minimum absolute atomic E-state index is 0.609. The first-order chi connectivity index (χ1) is 11.9. The Bertz CT molecular complexity index is 421. The molecule has 1 unspecified atom stereocenters. The van der Waals surface area contributed by atoms with Crippen LogP contribution >= 0.6 is 11.8 Å². The predicted octanol–water partition coefficient (Wildman–Crippen LogP) is 8.20. The second-order valence-corrected chi connectivity index (χ2v) is 7.84. The Balaban J connectivity index is 2.31. The molecule has 0 heterocycles. The molecular weight excluding hydrogens is 308 g/mol. The number of benzene rings is 1. The quantitative estimate of drug-likeness (QED) is 0.175. The van der Waals surface area contributed by atoms with E-state index in [4.69, 9.17) is 0 Å². The van der Waals surface area contributed by atoms with Gasteiger partial charge < -0.3 is 0 Å². The maximum atomic E-state index is 3.82. The fourth-order valence-electron chi connectivity index (χ4n) is 2.79. The van der Waals surface area contributed by atoms with Gasteiger partial charge in [-0.2, -0.15) is 0 Å². The Morgan fingerprint density at radius 3 is 2.38 bits per heavy atom. The molecule has 24 heavy (non-hydrogen) atoms. The highest BCUT2D eigenvalue weighted by Gasteiger charge is 2.06. The van der Waals surface area contributed by atoms with E-state index in [0.717, 1.165) is 6.42 Å². The lowest BCUT2D eigenvalue weighted by Gasteiger charge is -2.12. The third kappa shape index (κ3) is 11.6. The molecule has 0 bridgehead atoms. The van der Waals surface area contributed by atoms with Crippen LogP contribution in [-0.4, -0.2) is 5.25 Å². The summed E-state index contributed by atoms with van der Waals surface area (Å²) in [7, 11) is 0. The number of allylic oxidation sites excluding steroid dienone is 2. The van der Waals surface area contributed by atoms with Crippen molar-refractivity contribution in [3.63, 3.8) is 0 Å². The smallest absolute Gasteiger partial charge is 0.0274 e. The van der Waals surface area contributed by atoms with Gasteiger partial charge in [-0.05, 0) is 44.2 Å². The highest BCUT2D eigenvalue weighted by molar-refractivity contribution is 8.00. The van der Waals surface area contributed by atoms with Crippen LogP contribution in [0.25, 0.3) is 0 Å². The van der Waals surface area contributed by atoms with Gasteiger partial charge in [-0.25, -0.2) is 0 Å². The first kappa shape index (κ1) is 21.1. The van der Waals surface area contributed by atoms with E-state index in [1.165, 1.54) is 69.1 Å². The molecule has 134 valence electrons. The molecule has 0 aromatic heterocycles. The normalized spacial score (nSPS) is 12.5. The van der Waals surface area contributed by atoms with Gasteiger partial charge in [0.2, 0.25) is 0 Å². The lowest BCUT2D eigenvalue weighted by molar-refractivity contribution is 0.611. The predicted molar refractivity (Wildman–Crippen MR) is 112 cm³/mol. The van der Waals surface area contributed by atoms with Crippen molar-refractivity contribution < 1.29 is 0 Å². The average Bonchev–Trinajstić information content (AvgIpc) is 2.61. The SMILES string of the molecule is C=CCCCCC(/C=C/CCCCCCCC)Sc1ccccc1. The highest BCUT2D eigenvalue weighted by Crippen LogP contribution is 2.28. The van der Waals surface area contributed by atoms with E-state index in [-0.39, 0.29) is 0 Å². The maximum absolute atomic E-state index is 3.82. The van der Waals surface area contributed by atoms with Crippen molar-refractivity contribution in [2.45, 2.75) is 87.7 Å². The first-order valence-corrected chi connectivity index (χ1v) is 10.7. The van der Waals surface area contributed by atoms with Crippen molar-refractivity contribution in [1.82, 2.24) is 0 Å². The van der Waals surface area contributed by atoms with Crippen molar-refractivity contribution in [3.05, 3.63) is 55.1 Å². The van der Waals surface area contributed by atoms with Crippen molar-refractivity contribution in [2.24, 2.45) is 0 Å². The molecule has 1 aromatic rings. The molecule has 0 aliphatic heterocycles. The minimum atomic E-state index is 0.609. The van der Waals surface area contributed by atoms with Crippen LogP contribution in [-0.2, 0) is 0 Å². The summed E-state index contributed by atoms with van der Waals surface area (Å²) in [5.74, 6) is 0. The minimum Gasteiger partial charge on any atom is -0.119 e. The monoisotopic (exact) mass is 344 g/mol. The largest absolute Gasteiger partial charge is 0.119 e. The number of thioether (sulfide) groups is 1. The lowest BCUT2D eigenvalue weighted by atomic mass is 10.1. The van der Waals surface area contributed by atoms with Crippen LogP contribution in [0.4, 0.5) is 0 Å². The Morgan fingerprint density at radius 1 is 0.917 bits per heavy atom. The molecule has 0 saturated heterocycles. The first-order valence-electron chi connectivity index (χ1n) is 9.86. The molecule has 0 N–H and O–H groups in total. The van der Waals surface area contributed by atoms with E-state index >= 15 is 0 Å². The molecule has 1 heteroatoms. The van der Waals surface area contributed by atoms with Crippen molar-refractivity contribution >= 4 is 11.8 Å². The van der Waals surface area contributed by atoms with E-state index in [0.29, 0.717) is 5.25 Å². The van der Waals surface area contributed by atoms with Crippen LogP contribution in [0, 0.1) is 0 Å². The molecule has 1 aromatic carbocycles. The van der Waals surface area contributed by atoms with Gasteiger partial charge in [0.1, 0.15) is 0 Å². The third-order valence-electron chi connectivity index (χ3n) is 4.25. The summed E-state index contributed by atoms with van der Waals surface area (Å²) in [6, 6.07) is 10.8. The lowest BCUT2D eigenvalue weighted by Crippen LogP contribution is -1.98. The van der Waals surface area contributed by atoms with E-state index in [9.17, 15) is 0 Å². The summed E-state index contributed by atoms with van der Waals surface area (Å²) >= 11 is 2.01. The average molecular weight is 345 g/mol. The summed E-state index contributed by atoms with van der Waals surface area (Å²) in [4.78, 5) is 1.38. The molecule has 1 atom stereocenters. The molecule has 0 amide bonds. The Labute approximate surface area is 154 Å². The zero-order valence-electron chi connectivity index (χ0n) is 15.6. The van der Waals surface area contributed by atoms with Crippen LogP contribution in [0.5, 0.6) is 0 Å². The summed E-state index contributed by atoms with van der Waals surface area (Å²) in [6.45, 7) is 6.10. The molecule has 0 saturated carbocycles. The Hall–Kier alpha value is -0.950. The van der Waals surface area contributed by atoms with Crippen LogP contribution in [0.3, 0.4) is 0 Å². The van der Waals surface area contributed by atoms with Crippen molar-refractivity contribution in [1.29, 1.82) is 0 Å². The third-order valence-corrected chi connectivity index (χ3v) is 5.49. The zero-order valence-corrected chi connectivity index (χ0v) is 16.4. The molecule has 0 aliphatic carbocycles. The Kier molecular flexibility index (Phi) is 13.7. The van der Waals surface area contributed by atoms with E-state index in [1.807, 2.05) is 17.8 Å². The summed E-state index contributed by atoms with van der Waals surface area (Å²) in [5.41, 5.74) is 0. The molecular formula is C23H36S. The second-order valence-electron chi connectivity index (χ2n) is 6.53. The van der Waals surface area contributed by atoms with E-state index < -0.39 is 0 Å². The van der Waals surface area contributed by atoms with Gasteiger partial charge in [0.05, 0.1) is 0 Å². The number of hydrogen-bond donors (Lipinski definition) is 0. The van der Waals surface area contributed by atoms with Gasteiger partial charge in [-0.15, -0.1) is 18.3 Å². The van der Waals surface area contributed by atoms with Crippen molar-refractivity contribution in [2.75, 3.05) is 0 Å². The molecule has 0 spiro atoms. The number of unbranched alkanes of at least 4 members (excludes halogenated alkanes) is 8. The second kappa shape index (κ2) is 15.6. The Morgan fingerprint density at radius 2 is 1.62 bits per heavy atom. The molecule has 1 rings (SSSR count). The summed E-state index contributed by atoms with van der Waals surface area (Å²) in [5, 5.41) is 0.609. The van der Waals surface area contributed by atoms with E-state index in [1.54, 1.807) is 0 Å². The van der Waals surface area contributed by atoms with Crippen LogP contribution in [0.1, 0.15) is 77.6 Å². The number of rotatable bonds is 15. The van der Waals surface area contributed by atoms with Gasteiger partial charge >= 0.3 is 0 Å². The van der Waals surface area contributed by atoms with Crippen LogP contribution in [0.2, 0.25) is 0 Å². The standard InChI is InChI=1S/C23H36S/c1-3-5-7-9-10-11-12-15-19-22(18-14-8-6-4-2)24-23-20-16-13-17-21-23/h4,13,15-17,19-22H,2-3,5-12,14,18H2,1H3/b19-15+. The van der Waals surface area contributed by atoms with Gasteiger partial charge in [0.25, 0.3) is 0 Å². The van der Waals surface area contributed by atoms with Crippen molar-refractivity contribution in [3.8, 4) is 0 Å². The fraction of sp³-hybridized carbons (Fsp3) is 0.565. The van der Waals surface area contributed by atoms with Crippen LogP contribution in [0.15, 0.2) is 60.0 Å². The number of hydrogen-bond acceptors (Lipinski definition) is 1. The van der Waals surface area contributed by atoms with Gasteiger partial charge in [0.15, 0.2) is 0 Å². The molecule has 0 radical (unpaired) electrons. The van der Waals surface area contributed by atoms with E-state index in [2.05, 4.69) is 56.0 Å². The van der Waals surface area contributed by atoms with Gasteiger partial charge in [-0.3, -0.25) is 0 Å². The summed E-state index contributed by atoms with van der Waals surface area (Å²) in [6.07, 6.45) is 21.4. The fourth-order valence-corrected chi connectivity index (χ4v) is 3.93. The van der Waals surface area contributed by atoms with Crippen LogP contribution < -0.4 is 0 Å². The summed E-state index contributed by atoms with van der Waals surface area (Å²) < 4.78 is 0. The molecule has 0 aliphatic rings. The molecule has 0 fully saturated rings. The highest BCUT2D eigenvalue weighted by atomic mass is 32.2. The molecule has 0 nitrogen and oxygen atoms in total.